The molecule has 0 bridgehead atoms. The minimum absolute atomic E-state index is 0. The normalized spacial score (nSPS) is 20.6. The first-order valence-corrected chi connectivity index (χ1v) is 9.11. The summed E-state index contributed by atoms with van der Waals surface area (Å²) in [4.78, 5) is 4.30. The fourth-order valence-electron chi connectivity index (χ4n) is 3.11. The molecule has 5 nitrogen and oxygen atoms in total. The van der Waals surface area contributed by atoms with Crippen molar-refractivity contribution in [3.05, 3.63) is 35.4 Å². The van der Waals surface area contributed by atoms with Gasteiger partial charge in [0, 0.05) is 38.8 Å². The Kier molecular flexibility index (Phi) is 9.33. The lowest BCUT2D eigenvalue weighted by Gasteiger charge is -2.27. The molecule has 0 aromatic heterocycles. The highest BCUT2D eigenvalue weighted by molar-refractivity contribution is 14.0. The van der Waals surface area contributed by atoms with Gasteiger partial charge in [0.2, 0.25) is 0 Å². The molecule has 0 saturated carbocycles. The van der Waals surface area contributed by atoms with Crippen molar-refractivity contribution in [3.8, 4) is 0 Å². The van der Waals surface area contributed by atoms with Gasteiger partial charge in [0.05, 0.1) is 6.61 Å². The van der Waals surface area contributed by atoms with Crippen LogP contribution >= 0.6 is 24.0 Å². The first kappa shape index (κ1) is 23.2. The lowest BCUT2D eigenvalue weighted by molar-refractivity contribution is 0.127. The van der Waals surface area contributed by atoms with Crippen LogP contribution in [-0.4, -0.2) is 44.5 Å². The summed E-state index contributed by atoms with van der Waals surface area (Å²) in [5, 5.41) is 16.1. The van der Waals surface area contributed by atoms with Crippen LogP contribution in [0.3, 0.4) is 0 Å². The van der Waals surface area contributed by atoms with Gasteiger partial charge in [0.15, 0.2) is 5.96 Å². The first-order chi connectivity index (χ1) is 11.9. The molecule has 1 aromatic carbocycles. The van der Waals surface area contributed by atoms with Gasteiger partial charge in [-0.05, 0) is 29.4 Å². The molecular weight excluding hydrogens is 441 g/mol. The smallest absolute Gasteiger partial charge is 0.191 e. The number of hydrogen-bond donors (Lipinski definition) is 3. The number of ether oxygens (including phenoxy) is 1. The van der Waals surface area contributed by atoms with Gasteiger partial charge in [-0.2, -0.15) is 0 Å². The second kappa shape index (κ2) is 10.5. The largest absolute Gasteiger partial charge is 0.396 e. The maximum Gasteiger partial charge on any atom is 0.191 e. The van der Waals surface area contributed by atoms with Crippen LogP contribution in [0.15, 0.2) is 29.3 Å². The molecule has 0 aliphatic carbocycles. The quantitative estimate of drug-likeness (QED) is 0.336. The molecule has 1 aliphatic heterocycles. The number of rotatable bonds is 6. The summed E-state index contributed by atoms with van der Waals surface area (Å²) in [6, 6.07) is 8.72. The zero-order chi connectivity index (χ0) is 18.3. The van der Waals surface area contributed by atoms with Crippen LogP contribution in [0.4, 0.5) is 0 Å². The minimum Gasteiger partial charge on any atom is -0.396 e. The van der Waals surface area contributed by atoms with E-state index in [-0.39, 0.29) is 41.4 Å². The standard InChI is InChI=1S/C20H33N3O2.HI/c1-19(2,3)17-7-5-16(6-8-17)13-22-18(21-4)23-14-20(9-11-24)10-12-25-15-20;/h5-8,24H,9-15H2,1-4H3,(H2,21,22,23);1H. The third kappa shape index (κ3) is 6.70. The Balaban J connectivity index is 0.00000338. The van der Waals surface area contributed by atoms with Crippen LogP contribution < -0.4 is 10.6 Å². The summed E-state index contributed by atoms with van der Waals surface area (Å²) in [6.07, 6.45) is 1.73. The summed E-state index contributed by atoms with van der Waals surface area (Å²) >= 11 is 0. The zero-order valence-corrected chi connectivity index (χ0v) is 18.8. The molecule has 0 radical (unpaired) electrons. The summed E-state index contributed by atoms with van der Waals surface area (Å²) in [5.74, 6) is 0.782. The minimum atomic E-state index is 0. The molecule has 1 unspecified atom stereocenters. The maximum atomic E-state index is 9.32. The van der Waals surface area contributed by atoms with Crippen molar-refractivity contribution >= 4 is 29.9 Å². The van der Waals surface area contributed by atoms with E-state index in [1.165, 1.54) is 11.1 Å². The highest BCUT2D eigenvalue weighted by Crippen LogP contribution is 2.31. The monoisotopic (exact) mass is 475 g/mol. The van der Waals surface area contributed by atoms with Gasteiger partial charge >= 0.3 is 0 Å². The highest BCUT2D eigenvalue weighted by atomic mass is 127. The van der Waals surface area contributed by atoms with E-state index in [9.17, 15) is 5.11 Å². The van der Waals surface area contributed by atoms with Gasteiger partial charge in [0.1, 0.15) is 0 Å². The predicted molar refractivity (Wildman–Crippen MR) is 118 cm³/mol. The fraction of sp³-hybridized carbons (Fsp3) is 0.650. The first-order valence-electron chi connectivity index (χ1n) is 9.11. The summed E-state index contributed by atoms with van der Waals surface area (Å²) < 4.78 is 5.54. The average molecular weight is 475 g/mol. The number of halogens is 1. The SMILES string of the molecule is CN=C(NCc1ccc(C(C)(C)C)cc1)NCC1(CCO)CCOC1.I. The second-order valence-corrected chi connectivity index (χ2v) is 8.00. The number of aliphatic imine (C=N–C) groups is 1. The van der Waals surface area contributed by atoms with E-state index < -0.39 is 0 Å². The lowest BCUT2D eigenvalue weighted by Crippen LogP contribution is -2.44. The van der Waals surface area contributed by atoms with Gasteiger partial charge in [-0.1, -0.05) is 45.0 Å². The van der Waals surface area contributed by atoms with Crippen molar-refractivity contribution in [1.29, 1.82) is 0 Å². The van der Waals surface area contributed by atoms with Crippen LogP contribution in [0.25, 0.3) is 0 Å². The van der Waals surface area contributed by atoms with Crippen molar-refractivity contribution < 1.29 is 9.84 Å². The summed E-state index contributed by atoms with van der Waals surface area (Å²) in [6.45, 7) is 9.82. The topological polar surface area (TPSA) is 65.9 Å². The Morgan fingerprint density at radius 1 is 1.23 bits per heavy atom. The number of nitrogens with one attached hydrogen (secondary N) is 2. The van der Waals surface area contributed by atoms with E-state index in [1.54, 1.807) is 7.05 Å². The third-order valence-corrected chi connectivity index (χ3v) is 4.96. The van der Waals surface area contributed by atoms with Crippen LogP contribution in [0.1, 0.15) is 44.7 Å². The van der Waals surface area contributed by atoms with E-state index in [4.69, 9.17) is 4.74 Å². The average Bonchev–Trinajstić information content (AvgIpc) is 3.04. The summed E-state index contributed by atoms with van der Waals surface area (Å²) in [7, 11) is 1.78. The van der Waals surface area contributed by atoms with Crippen molar-refractivity contribution in [1.82, 2.24) is 10.6 Å². The molecule has 148 valence electrons. The van der Waals surface area contributed by atoms with Crippen LogP contribution in [-0.2, 0) is 16.7 Å². The number of nitrogens with zero attached hydrogens (tertiary/aromatic N) is 1. The number of aliphatic hydroxyl groups is 1. The fourth-order valence-corrected chi connectivity index (χ4v) is 3.11. The number of aliphatic hydroxyl groups excluding tert-OH is 1. The van der Waals surface area contributed by atoms with Gasteiger partial charge in [-0.3, -0.25) is 4.99 Å². The van der Waals surface area contributed by atoms with Crippen molar-refractivity contribution in [2.24, 2.45) is 10.4 Å². The van der Waals surface area contributed by atoms with E-state index in [0.717, 1.165) is 38.5 Å². The molecule has 6 heteroatoms. The zero-order valence-electron chi connectivity index (χ0n) is 16.5. The Morgan fingerprint density at radius 2 is 1.92 bits per heavy atom. The van der Waals surface area contributed by atoms with Crippen LogP contribution in [0, 0.1) is 5.41 Å². The Hall–Kier alpha value is -0.860. The van der Waals surface area contributed by atoms with Crippen LogP contribution in [0.5, 0.6) is 0 Å². The molecular formula is C20H34IN3O2. The summed E-state index contributed by atoms with van der Waals surface area (Å²) in [5.41, 5.74) is 2.76. The molecule has 1 fully saturated rings. The molecule has 1 atom stereocenters. The number of hydrogen-bond acceptors (Lipinski definition) is 3. The predicted octanol–water partition coefficient (Wildman–Crippen LogP) is 3.06. The van der Waals surface area contributed by atoms with Gasteiger partial charge in [0.25, 0.3) is 0 Å². The molecule has 1 heterocycles. The molecule has 26 heavy (non-hydrogen) atoms. The van der Waals surface area contributed by atoms with E-state index >= 15 is 0 Å². The lowest BCUT2D eigenvalue weighted by atomic mass is 9.84. The molecule has 0 spiro atoms. The van der Waals surface area contributed by atoms with Gasteiger partial charge < -0.3 is 20.5 Å². The molecule has 1 saturated heterocycles. The second-order valence-electron chi connectivity index (χ2n) is 8.00. The molecule has 1 aliphatic rings. The van der Waals surface area contributed by atoms with Crippen LogP contribution in [0.2, 0.25) is 0 Å². The van der Waals surface area contributed by atoms with E-state index in [0.29, 0.717) is 6.61 Å². The van der Waals surface area contributed by atoms with Crippen molar-refractivity contribution in [2.45, 2.75) is 45.6 Å². The van der Waals surface area contributed by atoms with Gasteiger partial charge in [-0.15, -0.1) is 24.0 Å². The van der Waals surface area contributed by atoms with Gasteiger partial charge in [-0.25, -0.2) is 0 Å². The Morgan fingerprint density at radius 3 is 2.42 bits per heavy atom. The number of benzene rings is 1. The molecule has 2 rings (SSSR count). The Labute approximate surface area is 175 Å². The maximum absolute atomic E-state index is 9.32. The molecule has 3 N–H and O–H groups in total. The van der Waals surface area contributed by atoms with E-state index in [2.05, 4.69) is 60.7 Å². The van der Waals surface area contributed by atoms with Crippen molar-refractivity contribution in [2.75, 3.05) is 33.4 Å². The Bertz CT molecular complexity index is 561. The van der Waals surface area contributed by atoms with Crippen molar-refractivity contribution in [3.63, 3.8) is 0 Å². The molecule has 1 aromatic rings. The highest BCUT2D eigenvalue weighted by Gasteiger charge is 2.34. The molecule has 0 amide bonds. The van der Waals surface area contributed by atoms with E-state index in [1.807, 2.05) is 0 Å². The third-order valence-electron chi connectivity index (χ3n) is 4.96. The number of guanidine groups is 1.